The van der Waals surface area contributed by atoms with Crippen molar-refractivity contribution < 1.29 is 19.1 Å². The first-order chi connectivity index (χ1) is 11.8. The van der Waals surface area contributed by atoms with Crippen molar-refractivity contribution >= 4 is 29.1 Å². The van der Waals surface area contributed by atoms with Crippen molar-refractivity contribution in [1.82, 2.24) is 5.32 Å². The molecule has 2 aromatic rings. The van der Waals surface area contributed by atoms with Gasteiger partial charge in [0.1, 0.15) is 0 Å². The highest BCUT2D eigenvalue weighted by atomic mass is 32.1. The minimum absolute atomic E-state index is 0.0123. The molecule has 0 spiro atoms. The number of benzene rings is 1. The van der Waals surface area contributed by atoms with Crippen LogP contribution in [0.3, 0.4) is 0 Å². The Morgan fingerprint density at radius 2 is 1.76 bits per heavy atom. The average molecular weight is 359 g/mol. The van der Waals surface area contributed by atoms with E-state index in [1.807, 2.05) is 29.6 Å². The number of imide groups is 1. The van der Waals surface area contributed by atoms with Gasteiger partial charge in [0.05, 0.1) is 6.42 Å². The summed E-state index contributed by atoms with van der Waals surface area (Å²) in [6.45, 7) is 5.76. The molecule has 5 nitrogen and oxygen atoms in total. The second-order valence-electron chi connectivity index (χ2n) is 6.62. The Morgan fingerprint density at radius 3 is 2.32 bits per heavy atom. The van der Waals surface area contributed by atoms with Gasteiger partial charge < -0.3 is 4.74 Å². The van der Waals surface area contributed by atoms with E-state index in [9.17, 15) is 14.4 Å². The number of rotatable bonds is 5. The van der Waals surface area contributed by atoms with Crippen LogP contribution in [0.5, 0.6) is 0 Å². The summed E-state index contributed by atoms with van der Waals surface area (Å²) >= 11 is 1.44. The summed E-state index contributed by atoms with van der Waals surface area (Å²) in [5, 5.41) is 4.08. The van der Waals surface area contributed by atoms with Crippen LogP contribution in [-0.2, 0) is 26.2 Å². The molecule has 0 saturated carbocycles. The molecule has 0 aliphatic rings. The van der Waals surface area contributed by atoms with Crippen molar-refractivity contribution in [2.75, 3.05) is 6.61 Å². The number of hydrogen-bond donors (Lipinski definition) is 1. The van der Waals surface area contributed by atoms with Gasteiger partial charge in [-0.05, 0) is 34.6 Å². The van der Waals surface area contributed by atoms with Gasteiger partial charge in [0, 0.05) is 10.4 Å². The van der Waals surface area contributed by atoms with Crippen LogP contribution in [0, 0.1) is 0 Å². The maximum absolute atomic E-state index is 12.0. The van der Waals surface area contributed by atoms with Crippen molar-refractivity contribution in [2.24, 2.45) is 0 Å². The molecule has 0 bridgehead atoms. The second kappa shape index (κ2) is 8.07. The molecular formula is C19H21NO4S. The van der Waals surface area contributed by atoms with E-state index in [0.29, 0.717) is 5.56 Å². The fourth-order valence-corrected chi connectivity index (χ4v) is 2.80. The summed E-state index contributed by atoms with van der Waals surface area (Å²) in [4.78, 5) is 36.3. The Bertz CT molecular complexity index is 743. The van der Waals surface area contributed by atoms with E-state index in [-0.39, 0.29) is 11.8 Å². The number of carbonyl (C=O) groups is 3. The molecule has 1 aromatic heterocycles. The van der Waals surface area contributed by atoms with Gasteiger partial charge in [-0.3, -0.25) is 19.7 Å². The van der Waals surface area contributed by atoms with Gasteiger partial charge in [0.15, 0.2) is 6.61 Å². The Labute approximate surface area is 151 Å². The molecule has 2 rings (SSSR count). The molecule has 6 heteroatoms. The summed E-state index contributed by atoms with van der Waals surface area (Å²) in [7, 11) is 0. The number of carbonyl (C=O) groups excluding carboxylic acids is 3. The highest BCUT2D eigenvalue weighted by molar-refractivity contribution is 7.10. The molecule has 0 unspecified atom stereocenters. The molecule has 1 heterocycles. The smallest absolute Gasteiger partial charge is 0.311 e. The van der Waals surface area contributed by atoms with Crippen LogP contribution in [0.4, 0.5) is 0 Å². The van der Waals surface area contributed by atoms with Crippen molar-refractivity contribution in [1.29, 1.82) is 0 Å². The Kier molecular flexibility index (Phi) is 6.09. The molecule has 0 aliphatic heterocycles. The molecule has 25 heavy (non-hydrogen) atoms. The summed E-state index contributed by atoms with van der Waals surface area (Å²) in [6, 6.07) is 10.7. The van der Waals surface area contributed by atoms with E-state index >= 15 is 0 Å². The summed E-state index contributed by atoms with van der Waals surface area (Å²) in [6.07, 6.45) is 0.118. The first-order valence-corrected chi connectivity index (χ1v) is 8.76. The first kappa shape index (κ1) is 18.9. The normalized spacial score (nSPS) is 11.0. The van der Waals surface area contributed by atoms with E-state index in [1.165, 1.54) is 11.3 Å². The zero-order valence-corrected chi connectivity index (χ0v) is 15.3. The number of ether oxygens (including phenoxy) is 1. The van der Waals surface area contributed by atoms with Gasteiger partial charge in [-0.25, -0.2) is 0 Å². The number of thiophene rings is 1. The average Bonchev–Trinajstić information content (AvgIpc) is 3.05. The Hall–Kier alpha value is -2.47. The fraction of sp³-hybridized carbons (Fsp3) is 0.316. The standard InChI is InChI=1S/C19H21NO4S/c1-19(2,3)14-8-6-13(7-9-14)18(23)20-16(21)12-24-17(22)11-15-5-4-10-25-15/h4-10H,11-12H2,1-3H3,(H,20,21,23). The largest absolute Gasteiger partial charge is 0.455 e. The first-order valence-electron chi connectivity index (χ1n) is 7.88. The zero-order chi connectivity index (χ0) is 18.4. The number of esters is 1. The van der Waals surface area contributed by atoms with E-state index in [4.69, 9.17) is 4.74 Å². The lowest BCUT2D eigenvalue weighted by Gasteiger charge is -2.18. The number of amides is 2. The topological polar surface area (TPSA) is 72.5 Å². The maximum Gasteiger partial charge on any atom is 0.311 e. The lowest BCUT2D eigenvalue weighted by Crippen LogP contribution is -2.34. The van der Waals surface area contributed by atoms with Crippen LogP contribution < -0.4 is 5.32 Å². The van der Waals surface area contributed by atoms with E-state index in [1.54, 1.807) is 12.1 Å². The third-order valence-corrected chi connectivity index (χ3v) is 4.41. The second-order valence-corrected chi connectivity index (χ2v) is 7.65. The molecule has 0 aliphatic carbocycles. The van der Waals surface area contributed by atoms with Crippen LogP contribution in [0.25, 0.3) is 0 Å². The molecule has 0 radical (unpaired) electrons. The molecule has 132 valence electrons. The van der Waals surface area contributed by atoms with Gasteiger partial charge >= 0.3 is 5.97 Å². The third kappa shape index (κ3) is 5.83. The molecule has 2 amide bonds. The lowest BCUT2D eigenvalue weighted by molar-refractivity contribution is -0.147. The van der Waals surface area contributed by atoms with Crippen molar-refractivity contribution in [3.8, 4) is 0 Å². The van der Waals surface area contributed by atoms with Gasteiger partial charge in [-0.1, -0.05) is 39.0 Å². The predicted octanol–water partition coefficient (Wildman–Crippen LogP) is 3.09. The monoisotopic (exact) mass is 359 g/mol. The van der Waals surface area contributed by atoms with E-state index < -0.39 is 24.4 Å². The zero-order valence-electron chi connectivity index (χ0n) is 14.5. The summed E-state index contributed by atoms with van der Waals surface area (Å²) < 4.78 is 4.88. The van der Waals surface area contributed by atoms with E-state index in [0.717, 1.165) is 10.4 Å². The maximum atomic E-state index is 12.0. The summed E-state index contributed by atoms with van der Waals surface area (Å²) in [5.74, 6) is -1.66. The molecule has 1 N–H and O–H groups in total. The molecular weight excluding hydrogens is 338 g/mol. The van der Waals surface area contributed by atoms with Gasteiger partial charge in [-0.15, -0.1) is 11.3 Å². The Morgan fingerprint density at radius 1 is 1.08 bits per heavy atom. The van der Waals surface area contributed by atoms with Gasteiger partial charge in [-0.2, -0.15) is 0 Å². The van der Waals surface area contributed by atoms with Gasteiger partial charge in [0.2, 0.25) is 0 Å². The molecule has 0 atom stereocenters. The van der Waals surface area contributed by atoms with Crippen LogP contribution in [0.1, 0.15) is 41.6 Å². The van der Waals surface area contributed by atoms with Crippen LogP contribution in [-0.4, -0.2) is 24.4 Å². The van der Waals surface area contributed by atoms with Crippen molar-refractivity contribution in [3.05, 3.63) is 57.8 Å². The summed E-state index contributed by atoms with van der Waals surface area (Å²) in [5.41, 5.74) is 1.46. The molecule has 0 fully saturated rings. The van der Waals surface area contributed by atoms with E-state index in [2.05, 4.69) is 26.1 Å². The lowest BCUT2D eigenvalue weighted by atomic mass is 9.87. The number of hydrogen-bond acceptors (Lipinski definition) is 5. The van der Waals surface area contributed by atoms with Crippen LogP contribution >= 0.6 is 11.3 Å². The highest BCUT2D eigenvalue weighted by Gasteiger charge is 2.16. The quantitative estimate of drug-likeness (QED) is 0.833. The third-order valence-electron chi connectivity index (χ3n) is 3.53. The molecule has 0 saturated heterocycles. The fourth-order valence-electron chi connectivity index (χ4n) is 2.11. The minimum atomic E-state index is -0.649. The molecule has 1 aromatic carbocycles. The SMILES string of the molecule is CC(C)(C)c1ccc(C(=O)NC(=O)COC(=O)Cc2cccs2)cc1. The Balaban J connectivity index is 1.81. The van der Waals surface area contributed by atoms with Crippen LogP contribution in [0.2, 0.25) is 0 Å². The highest BCUT2D eigenvalue weighted by Crippen LogP contribution is 2.22. The predicted molar refractivity (Wildman–Crippen MR) is 96.6 cm³/mol. The van der Waals surface area contributed by atoms with Crippen LogP contribution in [0.15, 0.2) is 41.8 Å². The number of nitrogens with one attached hydrogen (secondary N) is 1. The van der Waals surface area contributed by atoms with Crippen molar-refractivity contribution in [3.63, 3.8) is 0 Å². The van der Waals surface area contributed by atoms with Crippen molar-refractivity contribution in [2.45, 2.75) is 32.6 Å². The minimum Gasteiger partial charge on any atom is -0.455 e. The van der Waals surface area contributed by atoms with Gasteiger partial charge in [0.25, 0.3) is 11.8 Å².